The van der Waals surface area contributed by atoms with E-state index in [1.165, 1.54) is 5.56 Å². The second-order valence-electron chi connectivity index (χ2n) is 5.46. The lowest BCUT2D eigenvalue weighted by molar-refractivity contribution is -0.152. The normalized spacial score (nSPS) is 28.6. The van der Waals surface area contributed by atoms with Gasteiger partial charge in [-0.15, -0.1) is 0 Å². The molecule has 0 saturated carbocycles. The summed E-state index contributed by atoms with van der Waals surface area (Å²) in [4.78, 5) is 13.8. The van der Waals surface area contributed by atoms with Crippen molar-refractivity contribution in [1.82, 2.24) is 4.90 Å². The standard InChI is InChI=1S/C15H19NO2/c17-14-7-9-15(18-14)8-4-10-16(12-15)11-13-5-2-1-3-6-13/h1-3,5-6H,4,7-12H2. The number of hydrogen-bond donors (Lipinski definition) is 0. The summed E-state index contributed by atoms with van der Waals surface area (Å²) in [6, 6.07) is 10.5. The molecule has 1 unspecified atom stereocenters. The summed E-state index contributed by atoms with van der Waals surface area (Å²) in [6.45, 7) is 2.96. The van der Waals surface area contributed by atoms with Crippen LogP contribution in [0.25, 0.3) is 0 Å². The topological polar surface area (TPSA) is 29.5 Å². The van der Waals surface area contributed by atoms with Crippen LogP contribution in [0.2, 0.25) is 0 Å². The van der Waals surface area contributed by atoms with Crippen LogP contribution in [-0.2, 0) is 16.1 Å². The molecular weight excluding hydrogens is 226 g/mol. The lowest BCUT2D eigenvalue weighted by atomic mass is 9.90. The SMILES string of the molecule is O=C1CCC2(CCCN(Cc3ccccc3)C2)O1. The van der Waals surface area contributed by atoms with Gasteiger partial charge >= 0.3 is 5.97 Å². The molecule has 2 fully saturated rings. The minimum atomic E-state index is -0.176. The quantitative estimate of drug-likeness (QED) is 0.749. The average molecular weight is 245 g/mol. The van der Waals surface area contributed by atoms with Crippen molar-refractivity contribution >= 4 is 5.97 Å². The van der Waals surface area contributed by atoms with Crippen LogP contribution in [0.3, 0.4) is 0 Å². The molecule has 2 aliphatic heterocycles. The Hall–Kier alpha value is -1.35. The molecule has 0 aromatic heterocycles. The van der Waals surface area contributed by atoms with Gasteiger partial charge in [0.15, 0.2) is 0 Å². The number of rotatable bonds is 2. The number of nitrogens with zero attached hydrogens (tertiary/aromatic N) is 1. The van der Waals surface area contributed by atoms with Crippen LogP contribution in [-0.4, -0.2) is 29.6 Å². The molecule has 1 atom stereocenters. The van der Waals surface area contributed by atoms with Gasteiger partial charge in [-0.05, 0) is 31.4 Å². The summed E-state index contributed by atoms with van der Waals surface area (Å²) in [5.41, 5.74) is 1.16. The van der Waals surface area contributed by atoms with E-state index in [2.05, 4.69) is 29.2 Å². The lowest BCUT2D eigenvalue weighted by Gasteiger charge is -2.39. The summed E-state index contributed by atoms with van der Waals surface area (Å²) < 4.78 is 5.58. The Kier molecular flexibility index (Phi) is 3.08. The average Bonchev–Trinajstić information content (AvgIpc) is 2.72. The van der Waals surface area contributed by atoms with E-state index in [4.69, 9.17) is 4.74 Å². The molecule has 3 heteroatoms. The summed E-state index contributed by atoms with van der Waals surface area (Å²) in [7, 11) is 0. The number of esters is 1. The molecule has 2 aliphatic rings. The molecule has 2 heterocycles. The maximum atomic E-state index is 11.3. The molecule has 18 heavy (non-hydrogen) atoms. The smallest absolute Gasteiger partial charge is 0.306 e. The minimum absolute atomic E-state index is 0.0171. The van der Waals surface area contributed by atoms with Gasteiger partial charge in [0.2, 0.25) is 0 Å². The van der Waals surface area contributed by atoms with Gasteiger partial charge in [-0.25, -0.2) is 0 Å². The fraction of sp³-hybridized carbons (Fsp3) is 0.533. The van der Waals surface area contributed by atoms with Gasteiger partial charge in [-0.1, -0.05) is 30.3 Å². The molecule has 0 amide bonds. The molecule has 1 aromatic carbocycles. The maximum Gasteiger partial charge on any atom is 0.306 e. The van der Waals surface area contributed by atoms with Crippen LogP contribution in [0.1, 0.15) is 31.2 Å². The Balaban J connectivity index is 1.66. The van der Waals surface area contributed by atoms with Crippen molar-refractivity contribution in [3.63, 3.8) is 0 Å². The molecule has 96 valence electrons. The van der Waals surface area contributed by atoms with E-state index in [9.17, 15) is 4.79 Å². The van der Waals surface area contributed by atoms with Crippen LogP contribution in [0.4, 0.5) is 0 Å². The van der Waals surface area contributed by atoms with Gasteiger partial charge in [-0.2, -0.15) is 0 Å². The number of ether oxygens (including phenoxy) is 1. The predicted molar refractivity (Wildman–Crippen MR) is 69.0 cm³/mol. The summed E-state index contributed by atoms with van der Waals surface area (Å²) in [5.74, 6) is -0.0171. The van der Waals surface area contributed by atoms with Crippen molar-refractivity contribution in [2.75, 3.05) is 13.1 Å². The van der Waals surface area contributed by atoms with Crippen LogP contribution >= 0.6 is 0 Å². The van der Waals surface area contributed by atoms with Crippen LogP contribution in [0.5, 0.6) is 0 Å². The Morgan fingerprint density at radius 3 is 2.78 bits per heavy atom. The first-order chi connectivity index (χ1) is 8.76. The van der Waals surface area contributed by atoms with E-state index >= 15 is 0 Å². The van der Waals surface area contributed by atoms with Gasteiger partial charge in [-0.3, -0.25) is 9.69 Å². The molecule has 3 nitrogen and oxygen atoms in total. The van der Waals surface area contributed by atoms with Gasteiger partial charge in [0.1, 0.15) is 5.60 Å². The Morgan fingerprint density at radius 2 is 2.06 bits per heavy atom. The highest BCUT2D eigenvalue weighted by atomic mass is 16.6. The number of hydrogen-bond acceptors (Lipinski definition) is 3. The summed E-state index contributed by atoms with van der Waals surface area (Å²) in [5, 5.41) is 0. The Bertz CT molecular complexity index is 431. The highest BCUT2D eigenvalue weighted by Gasteiger charge is 2.43. The highest BCUT2D eigenvalue weighted by Crippen LogP contribution is 2.35. The van der Waals surface area contributed by atoms with E-state index in [1.807, 2.05) is 6.07 Å². The molecule has 3 rings (SSSR count). The monoisotopic (exact) mass is 245 g/mol. The third kappa shape index (κ3) is 2.41. The van der Waals surface area contributed by atoms with Gasteiger partial charge in [0, 0.05) is 19.5 Å². The fourth-order valence-corrected chi connectivity index (χ4v) is 3.13. The van der Waals surface area contributed by atoms with Crippen molar-refractivity contribution in [1.29, 1.82) is 0 Å². The van der Waals surface area contributed by atoms with Gasteiger partial charge in [0.25, 0.3) is 0 Å². The number of piperidine rings is 1. The zero-order valence-electron chi connectivity index (χ0n) is 10.6. The molecule has 0 bridgehead atoms. The largest absolute Gasteiger partial charge is 0.458 e. The molecule has 1 aromatic rings. The van der Waals surface area contributed by atoms with Crippen molar-refractivity contribution in [2.45, 2.75) is 37.8 Å². The van der Waals surface area contributed by atoms with E-state index < -0.39 is 0 Å². The first-order valence-electron chi connectivity index (χ1n) is 6.74. The predicted octanol–water partition coefficient (Wildman–Crippen LogP) is 2.36. The molecule has 1 spiro atoms. The number of carbonyl (C=O) groups excluding carboxylic acids is 1. The minimum Gasteiger partial charge on any atom is -0.458 e. The van der Waals surface area contributed by atoms with E-state index in [0.29, 0.717) is 6.42 Å². The van der Waals surface area contributed by atoms with Crippen molar-refractivity contribution in [3.8, 4) is 0 Å². The first-order valence-corrected chi connectivity index (χ1v) is 6.74. The van der Waals surface area contributed by atoms with Gasteiger partial charge in [0.05, 0.1) is 0 Å². The van der Waals surface area contributed by atoms with Crippen molar-refractivity contribution < 1.29 is 9.53 Å². The maximum absolute atomic E-state index is 11.3. The van der Waals surface area contributed by atoms with Gasteiger partial charge < -0.3 is 4.74 Å². The highest BCUT2D eigenvalue weighted by molar-refractivity contribution is 5.72. The summed E-state index contributed by atoms with van der Waals surface area (Å²) >= 11 is 0. The lowest BCUT2D eigenvalue weighted by Crippen LogP contribution is -2.47. The number of likely N-dealkylation sites (tertiary alicyclic amines) is 1. The second-order valence-corrected chi connectivity index (χ2v) is 5.46. The molecule has 0 radical (unpaired) electrons. The Morgan fingerprint density at radius 1 is 1.22 bits per heavy atom. The molecular formula is C15H19NO2. The van der Waals surface area contributed by atoms with Crippen LogP contribution < -0.4 is 0 Å². The van der Waals surface area contributed by atoms with Crippen LogP contribution in [0.15, 0.2) is 30.3 Å². The zero-order valence-corrected chi connectivity index (χ0v) is 10.6. The summed E-state index contributed by atoms with van der Waals surface area (Å²) in [6.07, 6.45) is 3.65. The zero-order chi connectivity index (χ0) is 12.4. The molecule has 0 aliphatic carbocycles. The van der Waals surface area contributed by atoms with Crippen LogP contribution in [0, 0.1) is 0 Å². The number of benzene rings is 1. The molecule has 0 N–H and O–H groups in total. The third-order valence-corrected chi connectivity index (χ3v) is 3.98. The van der Waals surface area contributed by atoms with E-state index in [0.717, 1.165) is 38.9 Å². The van der Waals surface area contributed by atoms with E-state index in [1.54, 1.807) is 0 Å². The fourth-order valence-electron chi connectivity index (χ4n) is 3.13. The molecule has 2 saturated heterocycles. The first kappa shape index (κ1) is 11.7. The van der Waals surface area contributed by atoms with Crippen molar-refractivity contribution in [3.05, 3.63) is 35.9 Å². The second kappa shape index (κ2) is 4.73. The third-order valence-electron chi connectivity index (χ3n) is 3.98. The number of carbonyl (C=O) groups is 1. The van der Waals surface area contributed by atoms with E-state index in [-0.39, 0.29) is 11.6 Å². The van der Waals surface area contributed by atoms with Crippen molar-refractivity contribution in [2.24, 2.45) is 0 Å². The Labute approximate surface area is 108 Å².